The van der Waals surface area contributed by atoms with Gasteiger partial charge in [0.2, 0.25) is 5.91 Å². The van der Waals surface area contributed by atoms with E-state index in [1.165, 1.54) is 0 Å². The zero-order chi connectivity index (χ0) is 22.2. The molecule has 168 valence electrons. The highest BCUT2D eigenvalue weighted by Crippen LogP contribution is 2.32. The van der Waals surface area contributed by atoms with Crippen molar-refractivity contribution in [2.24, 2.45) is 0 Å². The molecule has 1 aromatic rings. The smallest absolute Gasteiger partial charge is 0.255 e. The summed E-state index contributed by atoms with van der Waals surface area (Å²) < 4.78 is 6.34. The third-order valence-corrected chi connectivity index (χ3v) is 6.39. The maximum Gasteiger partial charge on any atom is 0.255 e. The van der Waals surface area contributed by atoms with Crippen molar-refractivity contribution in [2.45, 2.75) is 82.7 Å². The molecule has 3 atom stereocenters. The average molecular weight is 428 g/mol. The first-order valence-corrected chi connectivity index (χ1v) is 11.3. The second-order valence-electron chi connectivity index (χ2n) is 9.64. The summed E-state index contributed by atoms with van der Waals surface area (Å²) in [5, 5.41) is 16.3. The van der Waals surface area contributed by atoms with Crippen molar-refractivity contribution in [3.05, 3.63) is 41.6 Å². The monoisotopic (exact) mass is 427 g/mol. The van der Waals surface area contributed by atoms with Gasteiger partial charge in [-0.3, -0.25) is 9.59 Å². The van der Waals surface area contributed by atoms with Crippen LogP contribution in [0.15, 0.2) is 30.5 Å². The van der Waals surface area contributed by atoms with Crippen LogP contribution in [0.2, 0.25) is 0 Å². The Hall–Kier alpha value is -2.38. The summed E-state index contributed by atoms with van der Waals surface area (Å²) in [7, 11) is 0. The lowest BCUT2D eigenvalue weighted by Crippen LogP contribution is -2.49. The number of allylic oxidation sites excluding steroid dienone is 1. The van der Waals surface area contributed by atoms with Crippen LogP contribution in [0.25, 0.3) is 0 Å². The van der Waals surface area contributed by atoms with Crippen LogP contribution in [-0.2, 0) is 11.3 Å². The van der Waals surface area contributed by atoms with E-state index in [9.17, 15) is 14.7 Å². The zero-order valence-electron chi connectivity index (χ0n) is 18.4. The van der Waals surface area contributed by atoms with Gasteiger partial charge in [-0.2, -0.15) is 0 Å². The van der Waals surface area contributed by atoms with E-state index in [4.69, 9.17) is 4.74 Å². The second-order valence-corrected chi connectivity index (χ2v) is 9.64. The van der Waals surface area contributed by atoms with E-state index in [2.05, 4.69) is 17.2 Å². The summed E-state index contributed by atoms with van der Waals surface area (Å²) >= 11 is 0. The van der Waals surface area contributed by atoms with Crippen LogP contribution in [0.3, 0.4) is 0 Å². The quantitative estimate of drug-likeness (QED) is 0.649. The lowest BCUT2D eigenvalue weighted by molar-refractivity contribution is -0.126. The number of rotatable bonds is 6. The second kappa shape index (κ2) is 8.63. The fourth-order valence-electron chi connectivity index (χ4n) is 4.73. The van der Waals surface area contributed by atoms with Gasteiger partial charge in [-0.15, -0.1) is 0 Å². The highest BCUT2D eigenvalue weighted by molar-refractivity contribution is 6.01. The number of aliphatic hydroxyl groups is 1. The van der Waals surface area contributed by atoms with Crippen LogP contribution in [-0.4, -0.2) is 52.2 Å². The fourth-order valence-corrected chi connectivity index (χ4v) is 4.73. The first-order valence-electron chi connectivity index (χ1n) is 11.3. The number of benzene rings is 1. The molecule has 0 aromatic heterocycles. The SMILES string of the molecule is C=C1CCC(N2Cc3cc(O[C@@H]4CCCC[C@H]4NCC(C)(C)O)ccc3C2=O)C(=O)N1. The zero-order valence-corrected chi connectivity index (χ0v) is 18.4. The lowest BCUT2D eigenvalue weighted by atomic mass is 9.91. The summed E-state index contributed by atoms with van der Waals surface area (Å²) in [5.41, 5.74) is 1.49. The number of nitrogens with one attached hydrogen (secondary N) is 2. The average Bonchev–Trinajstić information content (AvgIpc) is 3.02. The Morgan fingerprint density at radius 2 is 2.03 bits per heavy atom. The van der Waals surface area contributed by atoms with E-state index in [1.807, 2.05) is 18.2 Å². The van der Waals surface area contributed by atoms with Crippen LogP contribution in [0.4, 0.5) is 0 Å². The molecular formula is C24H33N3O4. The number of piperidine rings is 1. The molecule has 2 aliphatic heterocycles. The van der Waals surface area contributed by atoms with Gasteiger partial charge in [-0.05, 0) is 69.7 Å². The minimum absolute atomic E-state index is 0.0255. The Kier molecular flexibility index (Phi) is 6.08. The van der Waals surface area contributed by atoms with Gasteiger partial charge >= 0.3 is 0 Å². The van der Waals surface area contributed by atoms with Crippen molar-refractivity contribution >= 4 is 11.8 Å². The number of carbonyl (C=O) groups is 2. The van der Waals surface area contributed by atoms with Gasteiger partial charge in [0.15, 0.2) is 0 Å². The molecule has 1 saturated carbocycles. The number of amides is 2. The van der Waals surface area contributed by atoms with E-state index >= 15 is 0 Å². The maximum atomic E-state index is 12.9. The third-order valence-electron chi connectivity index (χ3n) is 6.39. The highest BCUT2D eigenvalue weighted by atomic mass is 16.5. The predicted octanol–water partition coefficient (Wildman–Crippen LogP) is 2.49. The molecule has 0 bridgehead atoms. The minimum atomic E-state index is -0.767. The molecule has 3 aliphatic rings. The molecule has 1 saturated heterocycles. The Bertz CT molecular complexity index is 876. The molecule has 1 aromatic carbocycles. The summed E-state index contributed by atoms with van der Waals surface area (Å²) in [5.74, 6) is 0.491. The largest absolute Gasteiger partial charge is 0.489 e. The Balaban J connectivity index is 1.44. The molecule has 7 heteroatoms. The number of nitrogens with zero attached hydrogens (tertiary/aromatic N) is 1. The van der Waals surface area contributed by atoms with Gasteiger partial charge in [0, 0.05) is 30.4 Å². The number of carbonyl (C=O) groups excluding carboxylic acids is 2. The maximum absolute atomic E-state index is 12.9. The van der Waals surface area contributed by atoms with E-state index in [1.54, 1.807) is 18.7 Å². The normalized spacial score (nSPS) is 26.6. The first-order chi connectivity index (χ1) is 14.7. The molecule has 1 unspecified atom stereocenters. The lowest BCUT2D eigenvalue weighted by Gasteiger charge is -2.34. The van der Waals surface area contributed by atoms with Crippen LogP contribution >= 0.6 is 0 Å². The van der Waals surface area contributed by atoms with E-state index < -0.39 is 11.6 Å². The number of hydrogen-bond acceptors (Lipinski definition) is 5. The van der Waals surface area contributed by atoms with Crippen molar-refractivity contribution in [3.8, 4) is 5.75 Å². The van der Waals surface area contributed by atoms with Crippen LogP contribution in [0.1, 0.15) is 68.3 Å². The standard InChI is InChI=1S/C24H33N3O4/c1-15-8-11-20(22(28)26-15)27-13-16-12-17(9-10-18(16)23(27)29)31-21-7-5-4-6-19(21)25-14-24(2,3)30/h9-10,12,19-21,25,30H,1,4-8,11,13-14H2,2-3H3,(H,26,28)/t19-,20?,21-/m1/s1. The molecule has 0 radical (unpaired) electrons. The molecule has 1 aliphatic carbocycles. The molecule has 0 spiro atoms. The summed E-state index contributed by atoms with van der Waals surface area (Å²) in [6.45, 7) is 8.34. The minimum Gasteiger partial charge on any atom is -0.489 e. The van der Waals surface area contributed by atoms with Crippen molar-refractivity contribution in [1.82, 2.24) is 15.5 Å². The van der Waals surface area contributed by atoms with Gasteiger partial charge in [-0.1, -0.05) is 13.0 Å². The Labute approximate surface area is 183 Å². The van der Waals surface area contributed by atoms with Crippen LogP contribution < -0.4 is 15.4 Å². The Morgan fingerprint density at radius 1 is 1.26 bits per heavy atom. The van der Waals surface area contributed by atoms with E-state index in [0.29, 0.717) is 37.2 Å². The van der Waals surface area contributed by atoms with Crippen molar-refractivity contribution in [3.63, 3.8) is 0 Å². The highest BCUT2D eigenvalue weighted by Gasteiger charge is 2.38. The molecule has 31 heavy (non-hydrogen) atoms. The van der Waals surface area contributed by atoms with Gasteiger partial charge < -0.3 is 25.4 Å². The summed E-state index contributed by atoms with van der Waals surface area (Å²) in [6.07, 6.45) is 5.54. The van der Waals surface area contributed by atoms with Crippen molar-refractivity contribution < 1.29 is 19.4 Å². The fraction of sp³-hybridized carbons (Fsp3) is 0.583. The molecule has 4 rings (SSSR count). The predicted molar refractivity (Wildman–Crippen MR) is 118 cm³/mol. The number of hydrogen-bond donors (Lipinski definition) is 3. The van der Waals surface area contributed by atoms with Gasteiger partial charge in [0.1, 0.15) is 17.9 Å². The first kappa shape index (κ1) is 21.8. The number of fused-ring (bicyclic) bond motifs is 1. The van der Waals surface area contributed by atoms with E-state index in [-0.39, 0.29) is 24.0 Å². The van der Waals surface area contributed by atoms with Gasteiger partial charge in [-0.25, -0.2) is 0 Å². The molecule has 2 heterocycles. The summed E-state index contributed by atoms with van der Waals surface area (Å²) in [4.78, 5) is 26.9. The Morgan fingerprint density at radius 3 is 2.77 bits per heavy atom. The molecule has 2 fully saturated rings. The van der Waals surface area contributed by atoms with Crippen LogP contribution in [0.5, 0.6) is 5.75 Å². The van der Waals surface area contributed by atoms with Gasteiger partial charge in [0.05, 0.1) is 5.60 Å². The molecule has 3 N–H and O–H groups in total. The summed E-state index contributed by atoms with van der Waals surface area (Å²) in [6, 6.07) is 5.34. The van der Waals surface area contributed by atoms with Gasteiger partial charge in [0.25, 0.3) is 5.91 Å². The van der Waals surface area contributed by atoms with Crippen molar-refractivity contribution in [2.75, 3.05) is 6.54 Å². The topological polar surface area (TPSA) is 90.9 Å². The van der Waals surface area contributed by atoms with Crippen molar-refractivity contribution in [1.29, 1.82) is 0 Å². The third kappa shape index (κ3) is 4.93. The van der Waals surface area contributed by atoms with Crippen LogP contribution in [0, 0.1) is 0 Å². The molecule has 7 nitrogen and oxygen atoms in total. The number of ether oxygens (including phenoxy) is 1. The van der Waals surface area contributed by atoms with E-state index in [0.717, 1.165) is 37.0 Å². The molecular weight excluding hydrogens is 394 g/mol. The molecule has 2 amide bonds.